The highest BCUT2D eigenvalue weighted by molar-refractivity contribution is 6.06. The molecule has 0 aliphatic heterocycles. The average Bonchev–Trinajstić information content (AvgIpc) is 2.55. The van der Waals surface area contributed by atoms with Gasteiger partial charge in [-0.1, -0.05) is 0 Å². The summed E-state index contributed by atoms with van der Waals surface area (Å²) >= 11 is 0. The van der Waals surface area contributed by atoms with Gasteiger partial charge in [-0.3, -0.25) is 9.59 Å². The minimum absolute atomic E-state index is 0.184. The van der Waals surface area contributed by atoms with Crippen LogP contribution in [0.25, 0.3) is 0 Å². The Labute approximate surface area is 146 Å². The van der Waals surface area contributed by atoms with Gasteiger partial charge in [0.2, 0.25) is 0 Å². The third-order valence-corrected chi connectivity index (χ3v) is 3.61. The van der Waals surface area contributed by atoms with Crippen molar-refractivity contribution in [2.24, 2.45) is 0 Å². The lowest BCUT2D eigenvalue weighted by Crippen LogP contribution is -2.22. The Hall–Kier alpha value is -2.89. The predicted molar refractivity (Wildman–Crippen MR) is 94.7 cm³/mol. The van der Waals surface area contributed by atoms with E-state index in [1.54, 1.807) is 39.2 Å². The van der Waals surface area contributed by atoms with Crippen LogP contribution in [0, 0.1) is 12.7 Å². The molecule has 0 radical (unpaired) electrons. The van der Waals surface area contributed by atoms with Crippen molar-refractivity contribution in [3.63, 3.8) is 0 Å². The van der Waals surface area contributed by atoms with E-state index in [9.17, 15) is 14.0 Å². The Morgan fingerprint density at radius 1 is 1.16 bits per heavy atom. The number of hydrogen-bond donors (Lipinski definition) is 1. The molecule has 0 bridgehead atoms. The molecule has 0 aliphatic rings. The highest BCUT2D eigenvalue weighted by Gasteiger charge is 2.16. The number of rotatable bonds is 5. The normalized spacial score (nSPS) is 10.3. The number of hydrogen-bond acceptors (Lipinski definition) is 3. The molecule has 0 saturated carbocycles. The summed E-state index contributed by atoms with van der Waals surface area (Å²) in [5.74, 6) is -0.516. The second kappa shape index (κ2) is 7.79. The van der Waals surface area contributed by atoms with E-state index in [-0.39, 0.29) is 5.91 Å². The van der Waals surface area contributed by atoms with E-state index < -0.39 is 11.7 Å². The lowest BCUT2D eigenvalue weighted by molar-refractivity contribution is 0.0827. The van der Waals surface area contributed by atoms with Gasteiger partial charge in [-0.2, -0.15) is 0 Å². The maximum atomic E-state index is 13.2. The summed E-state index contributed by atoms with van der Waals surface area (Å²) in [6.45, 7) is 3.90. The topological polar surface area (TPSA) is 58.6 Å². The first-order chi connectivity index (χ1) is 11.8. The van der Waals surface area contributed by atoms with Crippen LogP contribution in [-0.4, -0.2) is 37.4 Å². The van der Waals surface area contributed by atoms with Gasteiger partial charge in [-0.05, 0) is 55.8 Å². The number of benzene rings is 2. The van der Waals surface area contributed by atoms with Crippen molar-refractivity contribution < 1.29 is 18.7 Å². The minimum Gasteiger partial charge on any atom is -0.492 e. The molecule has 2 aromatic carbocycles. The van der Waals surface area contributed by atoms with Crippen molar-refractivity contribution in [3.05, 3.63) is 58.9 Å². The zero-order valence-electron chi connectivity index (χ0n) is 14.7. The molecule has 0 heterocycles. The second-order valence-corrected chi connectivity index (χ2v) is 5.76. The van der Waals surface area contributed by atoms with Crippen LogP contribution in [0.1, 0.15) is 33.2 Å². The fourth-order valence-electron chi connectivity index (χ4n) is 2.37. The van der Waals surface area contributed by atoms with Crippen LogP contribution in [0.15, 0.2) is 36.4 Å². The minimum atomic E-state index is -0.400. The van der Waals surface area contributed by atoms with Gasteiger partial charge < -0.3 is 15.0 Å². The summed E-state index contributed by atoms with van der Waals surface area (Å²) in [5.41, 5.74) is 1.70. The SMILES string of the molecule is CCOc1ccc(C(=O)N(C)C)cc1NC(=O)c1ccc(F)cc1C. The zero-order chi connectivity index (χ0) is 18.6. The number of aryl methyl sites for hydroxylation is 1. The number of nitrogens with zero attached hydrogens (tertiary/aromatic N) is 1. The molecule has 6 heteroatoms. The largest absolute Gasteiger partial charge is 0.492 e. The summed E-state index contributed by atoms with van der Waals surface area (Å²) in [5, 5.41) is 2.75. The van der Waals surface area contributed by atoms with E-state index in [1.807, 2.05) is 6.92 Å². The van der Waals surface area contributed by atoms with Crippen LogP contribution in [0.4, 0.5) is 10.1 Å². The molecule has 5 nitrogen and oxygen atoms in total. The highest BCUT2D eigenvalue weighted by atomic mass is 19.1. The third kappa shape index (κ3) is 4.35. The van der Waals surface area contributed by atoms with Gasteiger partial charge in [-0.25, -0.2) is 4.39 Å². The monoisotopic (exact) mass is 344 g/mol. The van der Waals surface area contributed by atoms with Gasteiger partial charge in [0.05, 0.1) is 12.3 Å². The number of carbonyl (C=O) groups is 2. The van der Waals surface area contributed by atoms with E-state index in [0.29, 0.717) is 34.7 Å². The molecule has 0 unspecified atom stereocenters. The summed E-state index contributed by atoms with van der Waals surface area (Å²) < 4.78 is 18.7. The van der Waals surface area contributed by atoms with Crippen molar-refractivity contribution in [2.75, 3.05) is 26.0 Å². The Morgan fingerprint density at radius 2 is 1.88 bits per heavy atom. The molecule has 2 rings (SSSR count). The third-order valence-electron chi connectivity index (χ3n) is 3.61. The lowest BCUT2D eigenvalue weighted by Gasteiger charge is -2.15. The van der Waals surface area contributed by atoms with Crippen LogP contribution in [0.5, 0.6) is 5.75 Å². The molecule has 132 valence electrons. The molecule has 0 saturated heterocycles. The smallest absolute Gasteiger partial charge is 0.256 e. The van der Waals surface area contributed by atoms with Crippen molar-refractivity contribution in [1.29, 1.82) is 0 Å². The lowest BCUT2D eigenvalue weighted by atomic mass is 10.1. The van der Waals surface area contributed by atoms with E-state index in [0.717, 1.165) is 0 Å². The van der Waals surface area contributed by atoms with Crippen LogP contribution in [0.2, 0.25) is 0 Å². The standard InChI is InChI=1S/C19H21FN2O3/c1-5-25-17-9-6-13(19(24)22(3)4)11-16(17)21-18(23)15-8-7-14(20)10-12(15)2/h6-11H,5H2,1-4H3,(H,21,23). The molecule has 25 heavy (non-hydrogen) atoms. The maximum Gasteiger partial charge on any atom is 0.256 e. The fourth-order valence-corrected chi connectivity index (χ4v) is 2.37. The number of amides is 2. The molecule has 0 fully saturated rings. The average molecular weight is 344 g/mol. The molecule has 0 spiro atoms. The molecular weight excluding hydrogens is 323 g/mol. The van der Waals surface area contributed by atoms with E-state index in [4.69, 9.17) is 4.74 Å². The molecule has 2 amide bonds. The quantitative estimate of drug-likeness (QED) is 0.903. The van der Waals surface area contributed by atoms with Crippen LogP contribution in [-0.2, 0) is 0 Å². The van der Waals surface area contributed by atoms with Crippen LogP contribution < -0.4 is 10.1 Å². The number of carbonyl (C=O) groups excluding carboxylic acids is 2. The Bertz CT molecular complexity index is 803. The van der Waals surface area contributed by atoms with Crippen LogP contribution >= 0.6 is 0 Å². The first-order valence-corrected chi connectivity index (χ1v) is 7.89. The number of nitrogens with one attached hydrogen (secondary N) is 1. The van der Waals surface area contributed by atoms with Gasteiger partial charge in [0, 0.05) is 25.2 Å². The Balaban J connectivity index is 2.36. The summed E-state index contributed by atoms with van der Waals surface area (Å²) in [7, 11) is 3.30. The van der Waals surface area contributed by atoms with Crippen LogP contribution in [0.3, 0.4) is 0 Å². The molecular formula is C19H21FN2O3. The first-order valence-electron chi connectivity index (χ1n) is 7.89. The summed E-state index contributed by atoms with van der Waals surface area (Å²) in [4.78, 5) is 26.1. The Morgan fingerprint density at radius 3 is 2.48 bits per heavy atom. The van der Waals surface area contributed by atoms with E-state index >= 15 is 0 Å². The molecule has 0 aliphatic carbocycles. The summed E-state index contributed by atoms with van der Waals surface area (Å²) in [6.07, 6.45) is 0. The van der Waals surface area contributed by atoms with Gasteiger partial charge in [0.25, 0.3) is 11.8 Å². The highest BCUT2D eigenvalue weighted by Crippen LogP contribution is 2.27. The molecule has 2 aromatic rings. The van der Waals surface area contributed by atoms with E-state index in [1.165, 1.54) is 23.1 Å². The first kappa shape index (κ1) is 18.4. The summed E-state index contributed by atoms with van der Waals surface area (Å²) in [6, 6.07) is 8.82. The van der Waals surface area contributed by atoms with Gasteiger partial charge >= 0.3 is 0 Å². The second-order valence-electron chi connectivity index (χ2n) is 5.76. The van der Waals surface area contributed by atoms with Crippen molar-refractivity contribution in [1.82, 2.24) is 4.90 Å². The number of anilines is 1. The van der Waals surface area contributed by atoms with Crippen molar-refractivity contribution in [3.8, 4) is 5.75 Å². The number of halogens is 1. The predicted octanol–water partition coefficient (Wildman–Crippen LogP) is 3.49. The number of ether oxygens (including phenoxy) is 1. The molecule has 1 N–H and O–H groups in total. The van der Waals surface area contributed by atoms with E-state index in [2.05, 4.69) is 5.32 Å². The van der Waals surface area contributed by atoms with Gasteiger partial charge in [0.15, 0.2) is 0 Å². The van der Waals surface area contributed by atoms with Crippen molar-refractivity contribution >= 4 is 17.5 Å². The van der Waals surface area contributed by atoms with Gasteiger partial charge in [-0.15, -0.1) is 0 Å². The van der Waals surface area contributed by atoms with Gasteiger partial charge in [0.1, 0.15) is 11.6 Å². The molecule has 0 atom stereocenters. The zero-order valence-corrected chi connectivity index (χ0v) is 14.7. The fraction of sp³-hybridized carbons (Fsp3) is 0.263. The van der Waals surface area contributed by atoms with Crippen molar-refractivity contribution in [2.45, 2.75) is 13.8 Å². The maximum absolute atomic E-state index is 13.2. The Kier molecular flexibility index (Phi) is 5.75. The molecule has 0 aromatic heterocycles.